The van der Waals surface area contributed by atoms with Gasteiger partial charge in [0.25, 0.3) is 0 Å². The van der Waals surface area contributed by atoms with Crippen LogP contribution < -0.4 is 10.1 Å². The van der Waals surface area contributed by atoms with Crippen LogP contribution in [0.15, 0.2) is 41.0 Å². The Morgan fingerprint density at radius 3 is 3.00 bits per heavy atom. The Morgan fingerprint density at radius 2 is 2.20 bits per heavy atom. The van der Waals surface area contributed by atoms with E-state index in [9.17, 15) is 0 Å². The molecular formula is C16H20N2O2. The van der Waals surface area contributed by atoms with Crippen molar-refractivity contribution >= 4 is 6.08 Å². The zero-order valence-corrected chi connectivity index (χ0v) is 11.9. The van der Waals surface area contributed by atoms with Gasteiger partial charge in [-0.3, -0.25) is 0 Å². The highest BCUT2D eigenvalue weighted by Crippen LogP contribution is 2.25. The minimum absolute atomic E-state index is 0.273. The van der Waals surface area contributed by atoms with Gasteiger partial charge in [0, 0.05) is 12.1 Å². The Balaban J connectivity index is 2.03. The molecule has 0 saturated heterocycles. The number of ether oxygens (including phenoxy) is 1. The van der Waals surface area contributed by atoms with Gasteiger partial charge in [-0.1, -0.05) is 37.3 Å². The van der Waals surface area contributed by atoms with Crippen LogP contribution in [0.25, 0.3) is 6.08 Å². The average molecular weight is 272 g/mol. The molecule has 0 atom stereocenters. The van der Waals surface area contributed by atoms with Crippen molar-refractivity contribution in [3.8, 4) is 11.8 Å². The van der Waals surface area contributed by atoms with E-state index in [4.69, 9.17) is 9.15 Å². The van der Waals surface area contributed by atoms with Crippen molar-refractivity contribution in [2.75, 3.05) is 6.54 Å². The highest BCUT2D eigenvalue weighted by atomic mass is 16.6. The standard InChI is InChI=1S/C16H20N2O2/c1-3-7-13-8-5-6-9-15(13)20-16-18-14(12-19-16)11-17-10-4-2/h3,5-9,12,17H,4,10-11H2,1-2H3/b7-3+. The highest BCUT2D eigenvalue weighted by molar-refractivity contribution is 5.57. The van der Waals surface area contributed by atoms with Crippen LogP contribution in [0.4, 0.5) is 0 Å². The maximum Gasteiger partial charge on any atom is 0.399 e. The number of hydrogen-bond donors (Lipinski definition) is 1. The van der Waals surface area contributed by atoms with Gasteiger partial charge in [0.1, 0.15) is 12.0 Å². The maximum absolute atomic E-state index is 5.69. The van der Waals surface area contributed by atoms with Crippen LogP contribution in [0.1, 0.15) is 31.5 Å². The van der Waals surface area contributed by atoms with Crippen molar-refractivity contribution in [2.45, 2.75) is 26.8 Å². The summed E-state index contributed by atoms with van der Waals surface area (Å²) in [5, 5.41) is 3.27. The number of nitrogens with zero attached hydrogens (tertiary/aromatic N) is 1. The van der Waals surface area contributed by atoms with Crippen LogP contribution in [0.2, 0.25) is 0 Å². The number of nitrogens with one attached hydrogen (secondary N) is 1. The Hall–Kier alpha value is -2.07. The predicted molar refractivity (Wildman–Crippen MR) is 79.7 cm³/mol. The SMILES string of the molecule is C/C=C/c1ccccc1Oc1nc(CNCCC)co1. The summed E-state index contributed by atoms with van der Waals surface area (Å²) in [6.45, 7) is 5.76. The van der Waals surface area contributed by atoms with Crippen molar-refractivity contribution in [1.82, 2.24) is 10.3 Å². The first-order valence-electron chi connectivity index (χ1n) is 6.88. The van der Waals surface area contributed by atoms with Crippen molar-refractivity contribution in [2.24, 2.45) is 0 Å². The van der Waals surface area contributed by atoms with Gasteiger partial charge in [-0.15, -0.1) is 0 Å². The summed E-state index contributed by atoms with van der Waals surface area (Å²) in [7, 11) is 0. The molecule has 0 aliphatic carbocycles. The van der Waals surface area contributed by atoms with Crippen molar-refractivity contribution in [1.29, 1.82) is 0 Å². The number of allylic oxidation sites excluding steroid dienone is 1. The zero-order chi connectivity index (χ0) is 14.2. The van der Waals surface area contributed by atoms with Gasteiger partial charge in [-0.25, -0.2) is 0 Å². The predicted octanol–water partition coefficient (Wildman–Crippen LogP) is 4.00. The molecule has 4 heteroatoms. The maximum atomic E-state index is 5.69. The van der Waals surface area contributed by atoms with Gasteiger partial charge < -0.3 is 14.5 Å². The number of para-hydroxylation sites is 1. The van der Waals surface area contributed by atoms with E-state index in [1.165, 1.54) is 0 Å². The second kappa shape index (κ2) is 7.50. The molecule has 0 fully saturated rings. The molecule has 1 aromatic heterocycles. The van der Waals surface area contributed by atoms with Crippen molar-refractivity contribution in [3.05, 3.63) is 47.9 Å². The Morgan fingerprint density at radius 1 is 1.35 bits per heavy atom. The number of oxazole rings is 1. The van der Waals surface area contributed by atoms with E-state index in [0.29, 0.717) is 6.54 Å². The third kappa shape index (κ3) is 3.96. The van der Waals surface area contributed by atoms with E-state index in [1.807, 2.05) is 43.3 Å². The molecule has 2 rings (SSSR count). The summed E-state index contributed by atoms with van der Waals surface area (Å²) < 4.78 is 11.0. The van der Waals surface area contributed by atoms with Gasteiger partial charge in [-0.2, -0.15) is 4.98 Å². The van der Waals surface area contributed by atoms with Crippen LogP contribution in [0.5, 0.6) is 11.8 Å². The fourth-order valence-electron chi connectivity index (χ4n) is 1.79. The lowest BCUT2D eigenvalue weighted by Crippen LogP contribution is -2.13. The second-order valence-electron chi connectivity index (χ2n) is 4.42. The molecule has 0 radical (unpaired) electrons. The molecule has 0 spiro atoms. The molecular weight excluding hydrogens is 252 g/mol. The van der Waals surface area contributed by atoms with E-state index < -0.39 is 0 Å². The lowest BCUT2D eigenvalue weighted by molar-refractivity contribution is 0.330. The Labute approximate surface area is 119 Å². The third-order valence-electron chi connectivity index (χ3n) is 2.73. The monoisotopic (exact) mass is 272 g/mol. The zero-order valence-electron chi connectivity index (χ0n) is 11.9. The van der Waals surface area contributed by atoms with Crippen LogP contribution in [0, 0.1) is 0 Å². The number of hydrogen-bond acceptors (Lipinski definition) is 4. The Bertz CT molecular complexity index is 561. The summed E-state index contributed by atoms with van der Waals surface area (Å²) in [5.74, 6) is 0.737. The quantitative estimate of drug-likeness (QED) is 0.774. The molecule has 4 nitrogen and oxygen atoms in total. The second-order valence-corrected chi connectivity index (χ2v) is 4.42. The van der Waals surface area contributed by atoms with Crippen molar-refractivity contribution < 1.29 is 9.15 Å². The van der Waals surface area contributed by atoms with E-state index in [0.717, 1.165) is 30.0 Å². The molecule has 20 heavy (non-hydrogen) atoms. The van der Waals surface area contributed by atoms with Gasteiger partial charge in [0.05, 0.1) is 5.69 Å². The molecule has 0 unspecified atom stereocenters. The van der Waals surface area contributed by atoms with Crippen LogP contribution in [0.3, 0.4) is 0 Å². The van der Waals surface area contributed by atoms with Crippen LogP contribution >= 0.6 is 0 Å². The highest BCUT2D eigenvalue weighted by Gasteiger charge is 2.08. The first-order chi connectivity index (χ1) is 9.83. The average Bonchev–Trinajstić information content (AvgIpc) is 2.89. The number of aromatic nitrogens is 1. The van der Waals surface area contributed by atoms with E-state index in [2.05, 4.69) is 17.2 Å². The summed E-state index contributed by atoms with van der Waals surface area (Å²) in [4.78, 5) is 4.30. The topological polar surface area (TPSA) is 47.3 Å². The largest absolute Gasteiger partial charge is 0.417 e. The van der Waals surface area contributed by atoms with E-state index >= 15 is 0 Å². The summed E-state index contributed by atoms with van der Waals surface area (Å²) in [5.41, 5.74) is 1.84. The first-order valence-corrected chi connectivity index (χ1v) is 6.88. The minimum Gasteiger partial charge on any atom is -0.417 e. The van der Waals surface area contributed by atoms with E-state index in [-0.39, 0.29) is 6.08 Å². The molecule has 1 aromatic carbocycles. The van der Waals surface area contributed by atoms with Crippen molar-refractivity contribution in [3.63, 3.8) is 0 Å². The number of rotatable bonds is 7. The molecule has 0 amide bonds. The summed E-state index contributed by atoms with van der Waals surface area (Å²) in [6.07, 6.45) is 6.95. The molecule has 0 saturated carbocycles. The molecule has 0 aliphatic rings. The van der Waals surface area contributed by atoms with Gasteiger partial charge in [-0.05, 0) is 26.0 Å². The number of benzene rings is 1. The third-order valence-corrected chi connectivity index (χ3v) is 2.73. The summed E-state index contributed by atoms with van der Waals surface area (Å²) >= 11 is 0. The van der Waals surface area contributed by atoms with Crippen LogP contribution in [-0.4, -0.2) is 11.5 Å². The molecule has 1 heterocycles. The fourth-order valence-corrected chi connectivity index (χ4v) is 1.79. The molecule has 106 valence electrons. The molecule has 2 aromatic rings. The fraction of sp³-hybridized carbons (Fsp3) is 0.312. The molecule has 1 N–H and O–H groups in total. The normalized spacial score (nSPS) is 11.1. The molecule has 0 bridgehead atoms. The van der Waals surface area contributed by atoms with Gasteiger partial charge in [0.2, 0.25) is 0 Å². The van der Waals surface area contributed by atoms with Gasteiger partial charge >= 0.3 is 6.08 Å². The minimum atomic E-state index is 0.273. The van der Waals surface area contributed by atoms with Crippen LogP contribution in [-0.2, 0) is 6.54 Å². The van der Waals surface area contributed by atoms with E-state index in [1.54, 1.807) is 6.26 Å². The van der Waals surface area contributed by atoms with Gasteiger partial charge in [0.15, 0.2) is 0 Å². The summed E-state index contributed by atoms with van der Waals surface area (Å²) in [6, 6.07) is 7.78. The smallest absolute Gasteiger partial charge is 0.399 e. The lowest BCUT2D eigenvalue weighted by Gasteiger charge is -2.04. The molecule has 0 aliphatic heterocycles. The lowest BCUT2D eigenvalue weighted by atomic mass is 10.2. The first kappa shape index (κ1) is 14.3. The Kier molecular flexibility index (Phi) is 5.38.